The van der Waals surface area contributed by atoms with Crippen molar-refractivity contribution in [1.82, 2.24) is 15.3 Å². The predicted octanol–water partition coefficient (Wildman–Crippen LogP) is 0.694. The third-order valence-electron chi connectivity index (χ3n) is 2.46. The number of carbonyl (C=O) groups is 2. The molecule has 0 fully saturated rings. The first kappa shape index (κ1) is 15.7. The van der Waals surface area contributed by atoms with Crippen molar-refractivity contribution in [2.45, 2.75) is 20.3 Å². The third kappa shape index (κ3) is 5.53. The van der Waals surface area contributed by atoms with Gasteiger partial charge in [0, 0.05) is 27.7 Å². The molecule has 0 aliphatic heterocycles. The van der Waals surface area contributed by atoms with Crippen molar-refractivity contribution >= 4 is 12.0 Å². The summed E-state index contributed by atoms with van der Waals surface area (Å²) in [6.07, 6.45) is 0.282. The monoisotopic (exact) mass is 245 g/mol. The van der Waals surface area contributed by atoms with Crippen LogP contribution in [0.3, 0.4) is 0 Å². The average molecular weight is 245 g/mol. The van der Waals surface area contributed by atoms with Gasteiger partial charge in [-0.15, -0.1) is 0 Å². The fraction of sp³-hybridized carbons (Fsp3) is 0.818. The van der Waals surface area contributed by atoms with E-state index < -0.39 is 0 Å². The van der Waals surface area contributed by atoms with Crippen LogP contribution < -0.4 is 5.43 Å². The van der Waals surface area contributed by atoms with Crippen LogP contribution in [0.2, 0.25) is 0 Å². The molecule has 0 rings (SSSR count). The maximum Gasteiger partial charge on any atom is 0.333 e. The SMILES string of the molecule is CNN(C)C(=O)N(C)CC(C)(C)CC(=O)OC. The number of amides is 2. The molecule has 0 spiro atoms. The fourth-order valence-electron chi connectivity index (χ4n) is 1.58. The third-order valence-corrected chi connectivity index (χ3v) is 2.46. The van der Waals surface area contributed by atoms with Crippen molar-refractivity contribution in [1.29, 1.82) is 0 Å². The molecule has 0 saturated carbocycles. The van der Waals surface area contributed by atoms with E-state index in [0.29, 0.717) is 6.54 Å². The van der Waals surface area contributed by atoms with E-state index in [1.54, 1.807) is 26.0 Å². The second kappa shape index (κ2) is 6.44. The first-order valence-electron chi connectivity index (χ1n) is 5.46. The van der Waals surface area contributed by atoms with Crippen LogP contribution in [0.15, 0.2) is 0 Å². The van der Waals surface area contributed by atoms with E-state index >= 15 is 0 Å². The van der Waals surface area contributed by atoms with Crippen molar-refractivity contribution in [3.05, 3.63) is 0 Å². The van der Waals surface area contributed by atoms with Gasteiger partial charge in [0.1, 0.15) is 0 Å². The second-order valence-corrected chi connectivity index (χ2v) is 4.84. The zero-order valence-electron chi connectivity index (χ0n) is 11.5. The van der Waals surface area contributed by atoms with Crippen LogP contribution >= 0.6 is 0 Å². The Morgan fingerprint density at radius 3 is 2.24 bits per heavy atom. The highest BCUT2D eigenvalue weighted by molar-refractivity contribution is 5.73. The molecule has 0 saturated heterocycles. The zero-order valence-corrected chi connectivity index (χ0v) is 11.5. The van der Waals surface area contributed by atoms with Gasteiger partial charge in [-0.3, -0.25) is 9.80 Å². The van der Waals surface area contributed by atoms with E-state index in [-0.39, 0.29) is 23.8 Å². The van der Waals surface area contributed by atoms with Crippen LogP contribution in [0, 0.1) is 5.41 Å². The number of hydrogen-bond donors (Lipinski definition) is 1. The summed E-state index contributed by atoms with van der Waals surface area (Å²) < 4.78 is 4.63. The number of urea groups is 1. The van der Waals surface area contributed by atoms with Gasteiger partial charge in [-0.1, -0.05) is 13.8 Å². The minimum absolute atomic E-state index is 0.148. The van der Waals surface area contributed by atoms with Gasteiger partial charge < -0.3 is 9.64 Å². The first-order valence-corrected chi connectivity index (χ1v) is 5.46. The molecule has 1 N–H and O–H groups in total. The Balaban J connectivity index is 4.40. The van der Waals surface area contributed by atoms with Gasteiger partial charge in [-0.25, -0.2) is 10.2 Å². The number of esters is 1. The number of nitrogens with one attached hydrogen (secondary N) is 1. The Morgan fingerprint density at radius 2 is 1.82 bits per heavy atom. The van der Waals surface area contributed by atoms with Gasteiger partial charge in [-0.2, -0.15) is 0 Å². The number of carbonyl (C=O) groups excluding carboxylic acids is 2. The summed E-state index contributed by atoms with van der Waals surface area (Å²) in [6.45, 7) is 4.33. The van der Waals surface area contributed by atoms with E-state index in [2.05, 4.69) is 10.2 Å². The fourth-order valence-corrected chi connectivity index (χ4v) is 1.58. The van der Waals surface area contributed by atoms with E-state index in [1.807, 2.05) is 13.8 Å². The molecule has 0 aromatic heterocycles. The molecule has 0 unspecified atom stereocenters. The molecule has 0 aliphatic rings. The largest absolute Gasteiger partial charge is 0.469 e. The standard InChI is InChI=1S/C11H23N3O3/c1-11(2,7-9(15)17-6)8-13(4)10(16)14(5)12-3/h12H,7-8H2,1-6H3. The summed E-state index contributed by atoms with van der Waals surface area (Å²) in [5.74, 6) is -0.266. The molecule has 0 bridgehead atoms. The average Bonchev–Trinajstić information content (AvgIpc) is 2.25. The van der Waals surface area contributed by atoms with Crippen molar-refractivity contribution < 1.29 is 14.3 Å². The molecule has 0 aromatic rings. The minimum Gasteiger partial charge on any atom is -0.469 e. The van der Waals surface area contributed by atoms with Crippen molar-refractivity contribution in [3.8, 4) is 0 Å². The number of methoxy groups -OCH3 is 1. The second-order valence-electron chi connectivity index (χ2n) is 4.84. The van der Waals surface area contributed by atoms with Gasteiger partial charge in [0.2, 0.25) is 0 Å². The number of nitrogens with zero attached hydrogens (tertiary/aromatic N) is 2. The highest BCUT2D eigenvalue weighted by Crippen LogP contribution is 2.22. The predicted molar refractivity (Wildman–Crippen MR) is 65.3 cm³/mol. The smallest absolute Gasteiger partial charge is 0.333 e. The number of rotatable bonds is 5. The molecule has 0 heterocycles. The van der Waals surface area contributed by atoms with E-state index in [4.69, 9.17) is 0 Å². The maximum atomic E-state index is 11.8. The van der Waals surface area contributed by atoms with Crippen LogP contribution in [0.4, 0.5) is 4.79 Å². The van der Waals surface area contributed by atoms with Crippen LogP contribution in [0.25, 0.3) is 0 Å². The molecule has 17 heavy (non-hydrogen) atoms. The van der Waals surface area contributed by atoms with Crippen LogP contribution in [0.5, 0.6) is 0 Å². The van der Waals surface area contributed by atoms with Gasteiger partial charge in [0.05, 0.1) is 13.5 Å². The van der Waals surface area contributed by atoms with Crippen molar-refractivity contribution in [3.63, 3.8) is 0 Å². The highest BCUT2D eigenvalue weighted by Gasteiger charge is 2.27. The van der Waals surface area contributed by atoms with Crippen molar-refractivity contribution in [2.24, 2.45) is 5.41 Å². The topological polar surface area (TPSA) is 61.9 Å². The molecule has 6 nitrogen and oxygen atoms in total. The maximum absolute atomic E-state index is 11.8. The number of ether oxygens (including phenoxy) is 1. The zero-order chi connectivity index (χ0) is 13.6. The molecule has 0 atom stereocenters. The number of hydrogen-bond acceptors (Lipinski definition) is 4. The molecule has 0 radical (unpaired) electrons. The molecular weight excluding hydrogens is 222 g/mol. The lowest BCUT2D eigenvalue weighted by Gasteiger charge is -2.31. The molecule has 0 aliphatic carbocycles. The molecule has 100 valence electrons. The van der Waals surface area contributed by atoms with E-state index in [1.165, 1.54) is 12.1 Å². The normalized spacial score (nSPS) is 10.9. The molecular formula is C11H23N3O3. The Labute approximate surface area is 103 Å². The summed E-state index contributed by atoms with van der Waals surface area (Å²) in [7, 11) is 6.38. The summed E-state index contributed by atoms with van der Waals surface area (Å²) in [6, 6.07) is -0.148. The van der Waals surface area contributed by atoms with Gasteiger partial charge in [-0.05, 0) is 5.41 Å². The van der Waals surface area contributed by atoms with Gasteiger partial charge in [0.15, 0.2) is 0 Å². The van der Waals surface area contributed by atoms with Gasteiger partial charge in [0.25, 0.3) is 0 Å². The summed E-state index contributed by atoms with van der Waals surface area (Å²) >= 11 is 0. The minimum atomic E-state index is -0.313. The van der Waals surface area contributed by atoms with E-state index in [0.717, 1.165) is 0 Å². The highest BCUT2D eigenvalue weighted by atomic mass is 16.5. The van der Waals surface area contributed by atoms with Crippen molar-refractivity contribution in [2.75, 3.05) is 34.8 Å². The lowest BCUT2D eigenvalue weighted by atomic mass is 9.89. The number of hydrazine groups is 1. The summed E-state index contributed by atoms with van der Waals surface area (Å²) in [5, 5.41) is 1.38. The lowest BCUT2D eigenvalue weighted by Crippen LogP contribution is -2.47. The van der Waals surface area contributed by atoms with E-state index in [9.17, 15) is 9.59 Å². The van der Waals surface area contributed by atoms with Crippen LogP contribution in [-0.4, -0.2) is 56.7 Å². The molecule has 6 heteroatoms. The lowest BCUT2D eigenvalue weighted by molar-refractivity contribution is -0.143. The first-order chi connectivity index (χ1) is 7.73. The van der Waals surface area contributed by atoms with Crippen LogP contribution in [-0.2, 0) is 9.53 Å². The Morgan fingerprint density at radius 1 is 1.29 bits per heavy atom. The van der Waals surface area contributed by atoms with Crippen LogP contribution in [0.1, 0.15) is 20.3 Å². The summed E-state index contributed by atoms with van der Waals surface area (Å²) in [4.78, 5) is 24.6. The van der Waals surface area contributed by atoms with Gasteiger partial charge >= 0.3 is 12.0 Å². The summed E-state index contributed by atoms with van der Waals surface area (Å²) in [5.41, 5.74) is 2.42. The molecule has 2 amide bonds. The quantitative estimate of drug-likeness (QED) is 0.572. The Bertz CT molecular complexity index is 279. The molecule has 0 aromatic carbocycles. The Hall–Kier alpha value is -1.30. The Kier molecular flexibility index (Phi) is 5.95.